The molecule has 0 aliphatic heterocycles. The molecule has 11 heteroatoms. The van der Waals surface area contributed by atoms with Gasteiger partial charge in [0.05, 0.1) is 6.26 Å². The lowest BCUT2D eigenvalue weighted by atomic mass is 10.4. The van der Waals surface area contributed by atoms with Gasteiger partial charge in [-0.1, -0.05) is 0 Å². The van der Waals surface area contributed by atoms with Gasteiger partial charge in [-0.25, -0.2) is 14.4 Å². The van der Waals surface area contributed by atoms with Crippen LogP contribution in [0.15, 0.2) is 12.2 Å². The van der Waals surface area contributed by atoms with E-state index in [1.165, 1.54) is 6.92 Å². The van der Waals surface area contributed by atoms with Crippen molar-refractivity contribution in [3.8, 4) is 0 Å². The summed E-state index contributed by atoms with van der Waals surface area (Å²) in [5, 5.41) is 31.4. The molecule has 112 valence electrons. The van der Waals surface area contributed by atoms with Gasteiger partial charge < -0.3 is 20.4 Å². The predicted octanol–water partition coefficient (Wildman–Crippen LogP) is -1.33. The minimum absolute atomic E-state index is 0.558. The maximum Gasteiger partial charge on any atom is 0.332 e. The minimum atomic E-state index is -3.67. The second-order valence-corrected chi connectivity index (χ2v) is 4.22. The molecule has 0 aliphatic rings. The number of carboxylic acid groups (broad SMARTS) is 3. The molecule has 0 aromatic heterocycles. The zero-order chi connectivity index (χ0) is 16.2. The highest BCUT2D eigenvalue weighted by Crippen LogP contribution is 1.73. The summed E-state index contributed by atoms with van der Waals surface area (Å²) < 4.78 is 25.9. The second kappa shape index (κ2) is 11.1. The molecule has 1 atom stereocenters. The number of hydrogen-bond donors (Lipinski definition) is 5. The van der Waals surface area contributed by atoms with E-state index in [0.29, 0.717) is 18.4 Å². The van der Waals surface area contributed by atoms with Gasteiger partial charge in [0, 0.05) is 12.2 Å². The van der Waals surface area contributed by atoms with E-state index < -0.39 is 34.1 Å². The fourth-order valence-corrected chi connectivity index (χ4v) is 0.143. The highest BCUT2D eigenvalue weighted by Gasteiger charge is 2.01. The van der Waals surface area contributed by atoms with Crippen LogP contribution in [-0.2, 0) is 24.5 Å². The summed E-state index contributed by atoms with van der Waals surface area (Å²) in [5.41, 5.74) is 0. The molecule has 5 N–H and O–H groups in total. The van der Waals surface area contributed by atoms with Gasteiger partial charge in [0.1, 0.15) is 6.10 Å². The Bertz CT molecular complexity index is 395. The molecule has 0 spiro atoms. The van der Waals surface area contributed by atoms with Crippen molar-refractivity contribution in [3.63, 3.8) is 0 Å². The van der Waals surface area contributed by atoms with Crippen molar-refractivity contribution in [2.24, 2.45) is 0 Å². The van der Waals surface area contributed by atoms with Crippen molar-refractivity contribution < 1.29 is 47.8 Å². The van der Waals surface area contributed by atoms with Crippen LogP contribution >= 0.6 is 0 Å². The Hall–Kier alpha value is -1.98. The van der Waals surface area contributed by atoms with Crippen LogP contribution in [0.25, 0.3) is 0 Å². The monoisotopic (exact) mass is 302 g/mol. The Morgan fingerprint density at radius 3 is 1.21 bits per heavy atom. The van der Waals surface area contributed by atoms with Gasteiger partial charge in [0.25, 0.3) is 10.1 Å². The highest BCUT2D eigenvalue weighted by molar-refractivity contribution is 7.85. The summed E-state index contributed by atoms with van der Waals surface area (Å²) in [6, 6.07) is 0. The Kier molecular flexibility index (Phi) is 13.0. The van der Waals surface area contributed by atoms with Crippen LogP contribution in [0.2, 0.25) is 0 Å². The van der Waals surface area contributed by atoms with E-state index >= 15 is 0 Å². The van der Waals surface area contributed by atoms with Crippen molar-refractivity contribution >= 4 is 28.0 Å². The van der Waals surface area contributed by atoms with Crippen LogP contribution in [-0.4, -0.2) is 63.7 Å². The third-order valence-corrected chi connectivity index (χ3v) is 0.726. The van der Waals surface area contributed by atoms with Crippen LogP contribution < -0.4 is 0 Å². The third-order valence-electron chi connectivity index (χ3n) is 0.726. The molecule has 0 aliphatic carbocycles. The molecular formula is C8H14O10S. The minimum Gasteiger partial charge on any atom is -0.479 e. The molecule has 0 rings (SSSR count). The summed E-state index contributed by atoms with van der Waals surface area (Å²) in [7, 11) is -3.67. The molecule has 19 heavy (non-hydrogen) atoms. The Morgan fingerprint density at radius 1 is 1.00 bits per heavy atom. The predicted molar refractivity (Wildman–Crippen MR) is 61.2 cm³/mol. The van der Waals surface area contributed by atoms with Crippen LogP contribution in [0, 0.1) is 0 Å². The lowest BCUT2D eigenvalue weighted by Gasteiger charge is -1.89. The van der Waals surface area contributed by atoms with Crippen LogP contribution in [0.3, 0.4) is 0 Å². The molecule has 1 unspecified atom stereocenters. The van der Waals surface area contributed by atoms with E-state index in [-0.39, 0.29) is 0 Å². The van der Waals surface area contributed by atoms with Gasteiger partial charge in [-0.05, 0) is 6.92 Å². The molecule has 0 amide bonds. The normalized spacial score (nSPS) is 11.4. The summed E-state index contributed by atoms with van der Waals surface area (Å²) in [6.07, 6.45) is 0.600. The average molecular weight is 302 g/mol. The van der Waals surface area contributed by atoms with Crippen molar-refractivity contribution in [1.29, 1.82) is 0 Å². The number of carbonyl (C=O) groups is 3. The Balaban J connectivity index is -0.000000209. The zero-order valence-electron chi connectivity index (χ0n) is 9.92. The first-order valence-corrected chi connectivity index (χ1v) is 6.09. The Labute approximate surface area is 108 Å². The largest absolute Gasteiger partial charge is 0.479 e. The quantitative estimate of drug-likeness (QED) is 0.308. The standard InChI is InChI=1S/C4H4O4.C3H6O3.CH4O3S/c5-3(6)1-2-4(7)8;1-2(4)3(5)6;1-5(2,3)4/h1-2H,(H,5,6)(H,7,8);2,4H,1H3,(H,5,6);1H3,(H,2,3,4). The van der Waals surface area contributed by atoms with E-state index in [1.807, 2.05) is 0 Å². The molecule has 0 fully saturated rings. The molecular weight excluding hydrogens is 288 g/mol. The molecule has 0 heterocycles. The summed E-state index contributed by atoms with van der Waals surface area (Å²) in [6.45, 7) is 1.20. The summed E-state index contributed by atoms with van der Waals surface area (Å²) in [4.78, 5) is 28.6. The molecule has 0 aromatic rings. The fourth-order valence-electron chi connectivity index (χ4n) is 0.143. The second-order valence-electron chi connectivity index (χ2n) is 2.76. The smallest absolute Gasteiger partial charge is 0.332 e. The fraction of sp³-hybridized carbons (Fsp3) is 0.375. The maximum absolute atomic E-state index is 9.55. The van der Waals surface area contributed by atoms with Crippen molar-refractivity contribution in [2.45, 2.75) is 13.0 Å². The Morgan fingerprint density at radius 2 is 1.16 bits per heavy atom. The van der Waals surface area contributed by atoms with Gasteiger partial charge in [0.2, 0.25) is 0 Å². The van der Waals surface area contributed by atoms with Gasteiger partial charge >= 0.3 is 17.9 Å². The van der Waals surface area contributed by atoms with Gasteiger partial charge in [0.15, 0.2) is 0 Å². The van der Waals surface area contributed by atoms with E-state index in [4.69, 9.17) is 25.0 Å². The van der Waals surface area contributed by atoms with Crippen LogP contribution in [0.4, 0.5) is 0 Å². The molecule has 10 nitrogen and oxygen atoms in total. The first-order chi connectivity index (χ1) is 8.27. The number of aliphatic carboxylic acids is 3. The molecule has 0 aromatic carbocycles. The number of hydrogen-bond acceptors (Lipinski definition) is 6. The lowest BCUT2D eigenvalue weighted by Crippen LogP contribution is -2.13. The first-order valence-electron chi connectivity index (χ1n) is 4.24. The summed E-state index contributed by atoms with van der Waals surface area (Å²) >= 11 is 0. The van der Waals surface area contributed by atoms with Crippen molar-refractivity contribution in [1.82, 2.24) is 0 Å². The van der Waals surface area contributed by atoms with E-state index in [2.05, 4.69) is 0 Å². The van der Waals surface area contributed by atoms with Gasteiger partial charge in [-0.3, -0.25) is 4.55 Å². The van der Waals surface area contributed by atoms with Crippen molar-refractivity contribution in [2.75, 3.05) is 6.26 Å². The number of carboxylic acids is 3. The summed E-state index contributed by atoms with van der Waals surface area (Å²) in [5.74, 6) is -3.70. The van der Waals surface area contributed by atoms with Gasteiger partial charge in [-0.2, -0.15) is 8.42 Å². The third kappa shape index (κ3) is 63.9. The van der Waals surface area contributed by atoms with E-state index in [9.17, 15) is 22.8 Å². The average Bonchev–Trinajstić information content (AvgIpc) is 2.12. The number of aliphatic hydroxyl groups excluding tert-OH is 1. The molecule has 0 saturated heterocycles. The lowest BCUT2D eigenvalue weighted by molar-refractivity contribution is -0.145. The molecule has 0 radical (unpaired) electrons. The van der Waals surface area contributed by atoms with Gasteiger partial charge in [-0.15, -0.1) is 0 Å². The van der Waals surface area contributed by atoms with Crippen molar-refractivity contribution in [3.05, 3.63) is 12.2 Å². The van der Waals surface area contributed by atoms with E-state index in [0.717, 1.165) is 0 Å². The number of rotatable bonds is 3. The number of aliphatic hydroxyl groups is 1. The zero-order valence-corrected chi connectivity index (χ0v) is 10.7. The first kappa shape index (κ1) is 22.2. The topological polar surface area (TPSA) is 186 Å². The van der Waals surface area contributed by atoms with Crippen LogP contribution in [0.5, 0.6) is 0 Å². The van der Waals surface area contributed by atoms with E-state index in [1.54, 1.807) is 0 Å². The maximum atomic E-state index is 9.55. The molecule has 0 saturated carbocycles. The SMILES string of the molecule is CC(O)C(=O)O.CS(=O)(=O)O.O=C(O)C=CC(=O)O. The highest BCUT2D eigenvalue weighted by atomic mass is 32.2. The molecule has 0 bridgehead atoms. The van der Waals surface area contributed by atoms with Crippen LogP contribution in [0.1, 0.15) is 6.92 Å².